The first kappa shape index (κ1) is 11.6. The molecule has 16 heavy (non-hydrogen) atoms. The van der Waals surface area contributed by atoms with Crippen molar-refractivity contribution in [2.45, 2.75) is 38.7 Å². The Bertz CT molecular complexity index is 364. The maximum absolute atomic E-state index is 10.1. The summed E-state index contributed by atoms with van der Waals surface area (Å²) in [6, 6.07) is 8.51. The molecular weight excluding hydrogens is 198 g/mol. The summed E-state index contributed by atoms with van der Waals surface area (Å²) in [5, 5.41) is 10.1. The van der Waals surface area contributed by atoms with E-state index in [4.69, 9.17) is 5.73 Å². The van der Waals surface area contributed by atoms with Crippen LogP contribution >= 0.6 is 0 Å². The van der Waals surface area contributed by atoms with E-state index in [0.717, 1.165) is 25.7 Å². The largest absolute Gasteiger partial charge is 0.392 e. The van der Waals surface area contributed by atoms with Crippen LogP contribution in [0.2, 0.25) is 0 Å². The Morgan fingerprint density at radius 2 is 2.31 bits per heavy atom. The highest BCUT2D eigenvalue weighted by molar-refractivity contribution is 5.24. The SMILES string of the molecule is Cc1cccc(CC2(CN)CCCC2O)c1. The number of aryl methyl sites for hydroxylation is 1. The normalized spacial score (nSPS) is 29.6. The van der Waals surface area contributed by atoms with Crippen molar-refractivity contribution < 1.29 is 5.11 Å². The zero-order valence-electron chi connectivity index (χ0n) is 9.95. The molecule has 2 heteroatoms. The fourth-order valence-electron chi connectivity index (χ4n) is 2.87. The van der Waals surface area contributed by atoms with Gasteiger partial charge in [-0.1, -0.05) is 36.2 Å². The molecule has 0 heterocycles. The Hall–Kier alpha value is -0.860. The summed E-state index contributed by atoms with van der Waals surface area (Å²) < 4.78 is 0. The second-order valence-electron chi connectivity index (χ2n) is 5.14. The van der Waals surface area contributed by atoms with Gasteiger partial charge in [-0.3, -0.25) is 0 Å². The molecule has 3 N–H and O–H groups in total. The van der Waals surface area contributed by atoms with Crippen molar-refractivity contribution in [3.8, 4) is 0 Å². The van der Waals surface area contributed by atoms with Gasteiger partial charge in [-0.25, -0.2) is 0 Å². The quantitative estimate of drug-likeness (QED) is 0.817. The van der Waals surface area contributed by atoms with Gasteiger partial charge in [0.2, 0.25) is 0 Å². The molecule has 1 aromatic carbocycles. The first-order valence-electron chi connectivity index (χ1n) is 6.10. The van der Waals surface area contributed by atoms with Crippen LogP contribution < -0.4 is 5.73 Å². The fourth-order valence-corrected chi connectivity index (χ4v) is 2.87. The van der Waals surface area contributed by atoms with E-state index in [2.05, 4.69) is 31.2 Å². The van der Waals surface area contributed by atoms with Gasteiger partial charge in [-0.05, 0) is 31.7 Å². The number of hydrogen-bond acceptors (Lipinski definition) is 2. The Kier molecular flexibility index (Phi) is 3.31. The molecule has 2 nitrogen and oxygen atoms in total. The third-order valence-electron chi connectivity index (χ3n) is 3.90. The van der Waals surface area contributed by atoms with Gasteiger partial charge in [0.15, 0.2) is 0 Å². The van der Waals surface area contributed by atoms with E-state index in [-0.39, 0.29) is 11.5 Å². The van der Waals surface area contributed by atoms with Crippen LogP contribution in [-0.2, 0) is 6.42 Å². The highest BCUT2D eigenvalue weighted by Gasteiger charge is 2.40. The third kappa shape index (κ3) is 2.13. The van der Waals surface area contributed by atoms with Crippen LogP contribution in [0.3, 0.4) is 0 Å². The van der Waals surface area contributed by atoms with Crippen LogP contribution in [0.25, 0.3) is 0 Å². The molecule has 2 atom stereocenters. The Labute approximate surface area is 97.5 Å². The van der Waals surface area contributed by atoms with Gasteiger partial charge in [-0.2, -0.15) is 0 Å². The average Bonchev–Trinajstić information content (AvgIpc) is 2.61. The molecule has 0 aromatic heterocycles. The number of aliphatic hydroxyl groups is 1. The van der Waals surface area contributed by atoms with Gasteiger partial charge in [0.1, 0.15) is 0 Å². The number of aliphatic hydroxyl groups excluding tert-OH is 1. The Morgan fingerprint density at radius 1 is 1.50 bits per heavy atom. The summed E-state index contributed by atoms with van der Waals surface area (Å²) >= 11 is 0. The maximum Gasteiger partial charge on any atom is 0.0611 e. The van der Waals surface area contributed by atoms with Gasteiger partial charge in [0.25, 0.3) is 0 Å². The molecular formula is C14H21NO. The number of nitrogens with two attached hydrogens (primary N) is 1. The standard InChI is InChI=1S/C14H21NO/c1-11-4-2-5-12(8-11)9-14(10-15)7-3-6-13(14)16/h2,4-5,8,13,16H,3,6-7,9-10,15H2,1H3. The van der Waals surface area contributed by atoms with Crippen molar-refractivity contribution in [1.29, 1.82) is 0 Å². The van der Waals surface area contributed by atoms with Gasteiger partial charge >= 0.3 is 0 Å². The van der Waals surface area contributed by atoms with Crippen molar-refractivity contribution in [2.24, 2.45) is 11.1 Å². The summed E-state index contributed by atoms with van der Waals surface area (Å²) in [5.74, 6) is 0. The monoisotopic (exact) mass is 219 g/mol. The van der Waals surface area contributed by atoms with Crippen LogP contribution in [-0.4, -0.2) is 17.8 Å². The maximum atomic E-state index is 10.1. The van der Waals surface area contributed by atoms with Crippen molar-refractivity contribution in [3.63, 3.8) is 0 Å². The van der Waals surface area contributed by atoms with Gasteiger partial charge in [0, 0.05) is 12.0 Å². The topological polar surface area (TPSA) is 46.2 Å². The summed E-state index contributed by atoms with van der Waals surface area (Å²) in [5.41, 5.74) is 8.38. The summed E-state index contributed by atoms with van der Waals surface area (Å²) in [4.78, 5) is 0. The molecule has 2 rings (SSSR count). The van der Waals surface area contributed by atoms with E-state index < -0.39 is 0 Å². The van der Waals surface area contributed by atoms with Crippen molar-refractivity contribution >= 4 is 0 Å². The lowest BCUT2D eigenvalue weighted by molar-refractivity contribution is 0.0588. The predicted octanol–water partition coefficient (Wildman–Crippen LogP) is 2.03. The minimum Gasteiger partial charge on any atom is -0.392 e. The zero-order chi connectivity index (χ0) is 11.6. The lowest BCUT2D eigenvalue weighted by Crippen LogP contribution is -2.39. The molecule has 0 radical (unpaired) electrons. The minimum atomic E-state index is -0.224. The van der Waals surface area contributed by atoms with Crippen LogP contribution in [0.1, 0.15) is 30.4 Å². The average molecular weight is 219 g/mol. The van der Waals surface area contributed by atoms with E-state index in [0.29, 0.717) is 6.54 Å². The van der Waals surface area contributed by atoms with E-state index in [1.807, 2.05) is 0 Å². The second-order valence-corrected chi connectivity index (χ2v) is 5.14. The highest BCUT2D eigenvalue weighted by atomic mass is 16.3. The van der Waals surface area contributed by atoms with Crippen molar-refractivity contribution in [2.75, 3.05) is 6.54 Å². The molecule has 0 spiro atoms. The molecule has 1 saturated carbocycles. The molecule has 0 aliphatic heterocycles. The summed E-state index contributed by atoms with van der Waals surface area (Å²) in [6.07, 6.45) is 3.75. The zero-order valence-corrected chi connectivity index (χ0v) is 9.95. The van der Waals surface area contributed by atoms with E-state index >= 15 is 0 Å². The van der Waals surface area contributed by atoms with Crippen LogP contribution in [0.15, 0.2) is 24.3 Å². The molecule has 0 saturated heterocycles. The van der Waals surface area contributed by atoms with Crippen molar-refractivity contribution in [3.05, 3.63) is 35.4 Å². The minimum absolute atomic E-state index is 0.0756. The Balaban J connectivity index is 2.18. The molecule has 88 valence electrons. The molecule has 1 aliphatic rings. The summed E-state index contributed by atoms with van der Waals surface area (Å²) in [7, 11) is 0. The molecule has 1 fully saturated rings. The Morgan fingerprint density at radius 3 is 2.88 bits per heavy atom. The predicted molar refractivity (Wildman–Crippen MR) is 66.2 cm³/mol. The lowest BCUT2D eigenvalue weighted by atomic mass is 9.78. The molecule has 1 aromatic rings. The van der Waals surface area contributed by atoms with E-state index in [9.17, 15) is 5.11 Å². The van der Waals surface area contributed by atoms with Gasteiger partial charge in [-0.15, -0.1) is 0 Å². The molecule has 0 amide bonds. The number of benzene rings is 1. The molecule has 1 aliphatic carbocycles. The second kappa shape index (κ2) is 4.56. The number of hydrogen-bond donors (Lipinski definition) is 2. The van der Waals surface area contributed by atoms with Crippen molar-refractivity contribution in [1.82, 2.24) is 0 Å². The first-order chi connectivity index (χ1) is 7.66. The van der Waals surface area contributed by atoms with Gasteiger partial charge < -0.3 is 10.8 Å². The highest BCUT2D eigenvalue weighted by Crippen LogP contribution is 2.40. The van der Waals surface area contributed by atoms with Crippen LogP contribution in [0.5, 0.6) is 0 Å². The fraction of sp³-hybridized carbons (Fsp3) is 0.571. The van der Waals surface area contributed by atoms with Crippen LogP contribution in [0.4, 0.5) is 0 Å². The lowest BCUT2D eigenvalue weighted by Gasteiger charge is -2.31. The van der Waals surface area contributed by atoms with Crippen LogP contribution in [0, 0.1) is 12.3 Å². The first-order valence-corrected chi connectivity index (χ1v) is 6.10. The number of rotatable bonds is 3. The van der Waals surface area contributed by atoms with E-state index in [1.54, 1.807) is 0 Å². The summed E-state index contributed by atoms with van der Waals surface area (Å²) in [6.45, 7) is 2.69. The third-order valence-corrected chi connectivity index (χ3v) is 3.90. The van der Waals surface area contributed by atoms with E-state index in [1.165, 1.54) is 11.1 Å². The smallest absolute Gasteiger partial charge is 0.0611 e. The molecule has 0 bridgehead atoms. The van der Waals surface area contributed by atoms with Gasteiger partial charge in [0.05, 0.1) is 6.10 Å². The molecule has 2 unspecified atom stereocenters.